The maximum atomic E-state index is 2.48. The van der Waals surface area contributed by atoms with Gasteiger partial charge in [0.25, 0.3) is 0 Å². The Morgan fingerprint density at radius 1 is 0.350 bits per heavy atom. The first kappa shape index (κ1) is 35.0. The molecule has 10 aromatic rings. The maximum absolute atomic E-state index is 2.48. The number of hydrogen-bond donors (Lipinski definition) is 0. The maximum Gasteiger partial charge on any atom is 0.0714 e. The molecule has 0 spiro atoms. The molecule has 0 saturated carbocycles. The molecule has 9 aromatic carbocycles. The van der Waals surface area contributed by atoms with Crippen LogP contribution in [0.25, 0.3) is 53.6 Å². The van der Waals surface area contributed by atoms with Gasteiger partial charge in [-0.25, -0.2) is 0 Å². The third-order valence-electron chi connectivity index (χ3n) is 13.4. The molecule has 0 saturated heterocycles. The lowest BCUT2D eigenvalue weighted by Gasteiger charge is -2.33. The van der Waals surface area contributed by atoms with Crippen molar-refractivity contribution in [3.63, 3.8) is 0 Å². The highest BCUT2D eigenvalue weighted by Crippen LogP contribution is 2.57. The Bertz CT molecular complexity index is 3240. The van der Waals surface area contributed by atoms with Gasteiger partial charge in [-0.1, -0.05) is 178 Å². The molecule has 1 heterocycles. The fourth-order valence-electron chi connectivity index (χ4n) is 10.6. The number of benzene rings is 9. The molecule has 2 aliphatic carbocycles. The van der Waals surface area contributed by atoms with Gasteiger partial charge in [0, 0.05) is 42.6 Å². The zero-order valence-electron chi connectivity index (χ0n) is 33.6. The van der Waals surface area contributed by atoms with E-state index in [1.165, 1.54) is 86.9 Å². The number of anilines is 3. The fourth-order valence-corrected chi connectivity index (χ4v) is 11.7. The van der Waals surface area contributed by atoms with E-state index in [2.05, 4.69) is 231 Å². The van der Waals surface area contributed by atoms with E-state index in [9.17, 15) is 0 Å². The molecule has 2 aliphatic rings. The first-order chi connectivity index (χ1) is 29.5. The van der Waals surface area contributed by atoms with Crippen LogP contribution in [0.5, 0.6) is 0 Å². The number of hydrogen-bond acceptors (Lipinski definition) is 2. The summed E-state index contributed by atoms with van der Waals surface area (Å²) >= 11 is 1.89. The second kappa shape index (κ2) is 13.3. The van der Waals surface area contributed by atoms with Crippen LogP contribution in [0.4, 0.5) is 17.1 Å². The Labute approximate surface area is 355 Å². The minimum atomic E-state index is -0.423. The van der Waals surface area contributed by atoms with Crippen molar-refractivity contribution in [2.75, 3.05) is 4.90 Å². The minimum Gasteiger partial charge on any atom is -0.310 e. The molecule has 2 heteroatoms. The van der Waals surface area contributed by atoms with E-state index in [0.29, 0.717) is 0 Å². The normalized spacial score (nSPS) is 14.1. The minimum absolute atomic E-state index is 0.104. The highest BCUT2D eigenvalue weighted by Gasteiger charge is 2.46. The molecule has 0 aliphatic heterocycles. The van der Waals surface area contributed by atoms with Crippen LogP contribution in [-0.2, 0) is 10.8 Å². The zero-order chi connectivity index (χ0) is 40.0. The average molecular weight is 784 g/mol. The standard InChI is InChI=1S/C58H41NS/c1-57(2)51-22-12-9-19-45(51)48-33-30-44(37-54(48)57)59(42-28-25-39(26-29-42)38-15-5-3-6-16-38)43-31-34-55-50(36-43)49-32-27-41(35-56(49)60-55)58(40-17-7-4-8-18-40)52-23-13-10-20-46(52)47-21-11-14-24-53(47)58/h3-37H,1-2H3. The number of thiophene rings is 1. The smallest absolute Gasteiger partial charge is 0.0714 e. The molecule has 0 N–H and O–H groups in total. The van der Waals surface area contributed by atoms with Crippen LogP contribution in [0, 0.1) is 0 Å². The third kappa shape index (κ3) is 5.04. The molecule has 0 amide bonds. The quantitative estimate of drug-likeness (QED) is 0.162. The van der Waals surface area contributed by atoms with Crippen molar-refractivity contribution in [1.82, 2.24) is 0 Å². The summed E-state index contributed by atoms with van der Waals surface area (Å²) in [5.41, 5.74) is 18.7. The molecule has 1 nitrogen and oxygen atoms in total. The monoisotopic (exact) mass is 783 g/mol. The van der Waals surface area contributed by atoms with Crippen LogP contribution in [-0.4, -0.2) is 0 Å². The summed E-state index contributed by atoms with van der Waals surface area (Å²) in [4.78, 5) is 2.45. The fraction of sp³-hybridized carbons (Fsp3) is 0.0690. The van der Waals surface area contributed by atoms with Gasteiger partial charge in [-0.15, -0.1) is 11.3 Å². The van der Waals surface area contributed by atoms with Crippen molar-refractivity contribution in [2.45, 2.75) is 24.7 Å². The molecular weight excluding hydrogens is 743 g/mol. The molecule has 60 heavy (non-hydrogen) atoms. The van der Waals surface area contributed by atoms with Gasteiger partial charge in [-0.2, -0.15) is 0 Å². The van der Waals surface area contributed by atoms with E-state index in [-0.39, 0.29) is 5.41 Å². The summed E-state index contributed by atoms with van der Waals surface area (Å²) in [6, 6.07) is 79.1. The van der Waals surface area contributed by atoms with Crippen molar-refractivity contribution in [3.05, 3.63) is 246 Å². The Morgan fingerprint density at radius 2 is 0.883 bits per heavy atom. The highest BCUT2D eigenvalue weighted by atomic mass is 32.1. The molecule has 0 unspecified atom stereocenters. The summed E-state index contributed by atoms with van der Waals surface area (Å²) in [6.07, 6.45) is 0. The van der Waals surface area contributed by atoms with Gasteiger partial charge in [0.15, 0.2) is 0 Å². The van der Waals surface area contributed by atoms with Crippen molar-refractivity contribution in [1.29, 1.82) is 0 Å². The molecule has 1 aromatic heterocycles. The average Bonchev–Trinajstić information content (AvgIpc) is 3.90. The molecule has 284 valence electrons. The zero-order valence-corrected chi connectivity index (χ0v) is 34.4. The molecule has 0 bridgehead atoms. The van der Waals surface area contributed by atoms with Crippen molar-refractivity contribution >= 4 is 48.6 Å². The third-order valence-corrected chi connectivity index (χ3v) is 14.5. The Hall–Kier alpha value is -7.00. The van der Waals surface area contributed by atoms with E-state index in [0.717, 1.165) is 17.1 Å². The summed E-state index contributed by atoms with van der Waals surface area (Å²) in [7, 11) is 0. The van der Waals surface area contributed by atoms with E-state index in [1.54, 1.807) is 0 Å². The summed E-state index contributed by atoms with van der Waals surface area (Å²) in [6.45, 7) is 4.73. The lowest BCUT2D eigenvalue weighted by molar-refractivity contribution is 0.660. The van der Waals surface area contributed by atoms with Crippen LogP contribution in [0.15, 0.2) is 212 Å². The first-order valence-corrected chi connectivity index (χ1v) is 21.7. The topological polar surface area (TPSA) is 3.24 Å². The van der Waals surface area contributed by atoms with Crippen molar-refractivity contribution in [2.24, 2.45) is 0 Å². The van der Waals surface area contributed by atoms with Crippen molar-refractivity contribution in [3.8, 4) is 33.4 Å². The second-order valence-electron chi connectivity index (χ2n) is 16.8. The number of fused-ring (bicyclic) bond motifs is 9. The van der Waals surface area contributed by atoms with Gasteiger partial charge in [-0.3, -0.25) is 0 Å². The summed E-state index contributed by atoms with van der Waals surface area (Å²) in [5, 5.41) is 2.56. The summed E-state index contributed by atoms with van der Waals surface area (Å²) in [5.74, 6) is 0. The Morgan fingerprint density at radius 3 is 1.58 bits per heavy atom. The Kier molecular flexibility index (Phi) is 7.73. The van der Waals surface area contributed by atoms with Gasteiger partial charge in [0.05, 0.1) is 5.41 Å². The van der Waals surface area contributed by atoms with Crippen LogP contribution in [0.1, 0.15) is 47.2 Å². The molecular formula is C58H41NS. The summed E-state index contributed by atoms with van der Waals surface area (Å²) < 4.78 is 2.59. The highest BCUT2D eigenvalue weighted by molar-refractivity contribution is 7.25. The Balaban J connectivity index is 1.03. The molecule has 0 fully saturated rings. The van der Waals surface area contributed by atoms with Gasteiger partial charge < -0.3 is 4.90 Å². The first-order valence-electron chi connectivity index (χ1n) is 20.9. The molecule has 12 rings (SSSR count). The van der Waals surface area contributed by atoms with Gasteiger partial charge in [0.2, 0.25) is 0 Å². The van der Waals surface area contributed by atoms with Gasteiger partial charge in [0.1, 0.15) is 0 Å². The van der Waals surface area contributed by atoms with Crippen LogP contribution in [0.2, 0.25) is 0 Å². The van der Waals surface area contributed by atoms with E-state index in [1.807, 2.05) is 11.3 Å². The molecule has 0 atom stereocenters. The second-order valence-corrected chi connectivity index (χ2v) is 17.9. The van der Waals surface area contributed by atoms with Crippen LogP contribution >= 0.6 is 11.3 Å². The van der Waals surface area contributed by atoms with Gasteiger partial charge >= 0.3 is 0 Å². The molecule has 0 radical (unpaired) electrons. The van der Waals surface area contributed by atoms with E-state index < -0.39 is 5.41 Å². The van der Waals surface area contributed by atoms with E-state index in [4.69, 9.17) is 0 Å². The SMILES string of the molecule is CC1(C)c2ccccc2-c2ccc(N(c3ccc(-c4ccccc4)cc3)c3ccc4sc5cc(C6(c7ccccc7)c7ccccc7-c7ccccc76)ccc5c4c3)cc21. The predicted molar refractivity (Wildman–Crippen MR) is 254 cm³/mol. The lowest BCUT2D eigenvalue weighted by atomic mass is 9.67. The lowest BCUT2D eigenvalue weighted by Crippen LogP contribution is -2.28. The predicted octanol–water partition coefficient (Wildman–Crippen LogP) is 15.9. The number of rotatable bonds is 6. The van der Waals surface area contributed by atoms with Crippen LogP contribution in [0.3, 0.4) is 0 Å². The van der Waals surface area contributed by atoms with Crippen LogP contribution < -0.4 is 4.90 Å². The largest absolute Gasteiger partial charge is 0.310 e. The van der Waals surface area contributed by atoms with E-state index >= 15 is 0 Å². The number of nitrogens with zero attached hydrogens (tertiary/aromatic N) is 1. The van der Waals surface area contributed by atoms with Crippen molar-refractivity contribution < 1.29 is 0 Å². The van der Waals surface area contributed by atoms with Gasteiger partial charge in [-0.05, 0) is 115 Å².